The summed E-state index contributed by atoms with van der Waals surface area (Å²) in [6.07, 6.45) is 6.45. The fourth-order valence-corrected chi connectivity index (χ4v) is 4.63. The predicted octanol–water partition coefficient (Wildman–Crippen LogP) is 5.58. The van der Waals surface area contributed by atoms with Crippen LogP contribution in [0.2, 0.25) is 0 Å². The van der Waals surface area contributed by atoms with E-state index in [1.165, 1.54) is 24.3 Å². The average Bonchev–Trinajstić information content (AvgIpc) is 3.42. The Labute approximate surface area is 224 Å². The van der Waals surface area contributed by atoms with Crippen LogP contribution in [0.15, 0.2) is 79.3 Å². The number of hydrogen-bond donors (Lipinski definition) is 1. The molecule has 2 aromatic heterocycles. The number of aryl methyl sites for hydroxylation is 1. The molecule has 4 aromatic rings. The zero-order chi connectivity index (χ0) is 27.4. The fourth-order valence-electron chi connectivity index (χ4n) is 4.63. The van der Waals surface area contributed by atoms with Crippen molar-refractivity contribution in [1.29, 1.82) is 0 Å². The number of nitrogens with one attached hydrogen (secondary N) is 1. The molecular weight excluding hydrogens is 504 g/mol. The molecule has 2 aromatic carbocycles. The van der Waals surface area contributed by atoms with Crippen molar-refractivity contribution < 1.29 is 23.1 Å². The molecule has 0 saturated carbocycles. The van der Waals surface area contributed by atoms with Crippen LogP contribution in [0.1, 0.15) is 45.2 Å². The van der Waals surface area contributed by atoms with Gasteiger partial charge in [-0.15, -0.1) is 0 Å². The van der Waals surface area contributed by atoms with Gasteiger partial charge in [-0.05, 0) is 56.2 Å². The molecule has 1 aliphatic heterocycles. The number of aromatic nitrogens is 3. The van der Waals surface area contributed by atoms with Crippen molar-refractivity contribution >= 4 is 17.5 Å². The summed E-state index contributed by atoms with van der Waals surface area (Å²) in [5.41, 5.74) is 4.05. The third kappa shape index (κ3) is 6.11. The molecule has 1 N–H and O–H groups in total. The molecule has 200 valence electrons. The third-order valence-corrected chi connectivity index (χ3v) is 6.69. The van der Waals surface area contributed by atoms with Gasteiger partial charge < -0.3 is 15.0 Å². The molecule has 10 heteroatoms. The zero-order valence-corrected chi connectivity index (χ0v) is 21.3. The second-order valence-electron chi connectivity index (χ2n) is 9.35. The van der Waals surface area contributed by atoms with E-state index in [1.54, 1.807) is 35.6 Å². The summed E-state index contributed by atoms with van der Waals surface area (Å²) in [5.74, 6) is -0.424. The summed E-state index contributed by atoms with van der Waals surface area (Å²) < 4.78 is 30.9. The number of pyridine rings is 1. The van der Waals surface area contributed by atoms with Crippen molar-refractivity contribution in [2.24, 2.45) is 0 Å². The van der Waals surface area contributed by atoms with Crippen LogP contribution in [0, 0.1) is 6.92 Å². The second kappa shape index (κ2) is 11.4. The second-order valence-corrected chi connectivity index (χ2v) is 9.35. The molecule has 0 unspecified atom stereocenters. The van der Waals surface area contributed by atoms with Crippen LogP contribution in [0.3, 0.4) is 0 Å². The van der Waals surface area contributed by atoms with Crippen molar-refractivity contribution in [3.8, 4) is 17.0 Å². The van der Waals surface area contributed by atoms with Crippen LogP contribution < -0.4 is 10.1 Å². The Kier molecular flexibility index (Phi) is 7.62. The molecule has 0 atom stereocenters. The first-order valence-electron chi connectivity index (χ1n) is 12.6. The standard InChI is InChI=1S/C29H27F2N5O3/c1-19-4-6-20(7-5-19)26-25(3-2-14-32-26)27(37)34-22-17-33-36(18-22)23-12-15-35(16-13-23)28(38)21-8-10-24(11-9-21)39-29(30)31/h2-11,14,17-18,23,29H,12-13,15-16H2,1H3,(H,34,37). The van der Waals surface area contributed by atoms with Gasteiger partial charge in [0, 0.05) is 36.6 Å². The first-order valence-corrected chi connectivity index (χ1v) is 12.6. The van der Waals surface area contributed by atoms with E-state index in [-0.39, 0.29) is 23.6 Å². The number of piperidine rings is 1. The molecule has 5 rings (SSSR count). The number of nitrogens with zero attached hydrogens (tertiary/aromatic N) is 4. The van der Waals surface area contributed by atoms with Gasteiger partial charge in [0.15, 0.2) is 0 Å². The van der Waals surface area contributed by atoms with Crippen LogP contribution >= 0.6 is 0 Å². The summed E-state index contributed by atoms with van der Waals surface area (Å²) in [7, 11) is 0. The maximum Gasteiger partial charge on any atom is 0.387 e. The van der Waals surface area contributed by atoms with E-state index in [1.807, 2.05) is 35.9 Å². The van der Waals surface area contributed by atoms with Crippen molar-refractivity contribution in [3.05, 3.63) is 95.9 Å². The lowest BCUT2D eigenvalue weighted by Crippen LogP contribution is -2.39. The zero-order valence-electron chi connectivity index (χ0n) is 21.3. The lowest BCUT2D eigenvalue weighted by molar-refractivity contribution is -0.0498. The van der Waals surface area contributed by atoms with Gasteiger partial charge in [0.25, 0.3) is 11.8 Å². The number of likely N-dealkylation sites (tertiary alicyclic amines) is 1. The van der Waals surface area contributed by atoms with E-state index in [9.17, 15) is 18.4 Å². The van der Waals surface area contributed by atoms with Gasteiger partial charge in [0.2, 0.25) is 0 Å². The molecule has 1 fully saturated rings. The maximum absolute atomic E-state index is 13.1. The molecule has 1 saturated heterocycles. The Morgan fingerprint density at radius 1 is 1.03 bits per heavy atom. The topological polar surface area (TPSA) is 89.4 Å². The van der Waals surface area contributed by atoms with Gasteiger partial charge in [-0.1, -0.05) is 29.8 Å². The number of amides is 2. The first kappa shape index (κ1) is 26.0. The van der Waals surface area contributed by atoms with Gasteiger partial charge in [-0.3, -0.25) is 19.3 Å². The SMILES string of the molecule is Cc1ccc(-c2ncccc2C(=O)Nc2cnn(C3CCN(C(=O)c4ccc(OC(F)F)cc4)CC3)c2)cc1. The van der Waals surface area contributed by atoms with Crippen molar-refractivity contribution in [3.63, 3.8) is 0 Å². The molecule has 0 radical (unpaired) electrons. The smallest absolute Gasteiger partial charge is 0.387 e. The molecule has 0 aliphatic carbocycles. The lowest BCUT2D eigenvalue weighted by Gasteiger charge is -2.32. The van der Waals surface area contributed by atoms with Gasteiger partial charge in [-0.2, -0.15) is 13.9 Å². The molecular formula is C29H27F2N5O3. The molecule has 0 spiro atoms. The summed E-state index contributed by atoms with van der Waals surface area (Å²) in [6.45, 7) is 0.143. The highest BCUT2D eigenvalue weighted by Crippen LogP contribution is 2.26. The van der Waals surface area contributed by atoms with Crippen LogP contribution in [-0.4, -0.2) is 51.2 Å². The summed E-state index contributed by atoms with van der Waals surface area (Å²) >= 11 is 0. The monoisotopic (exact) mass is 531 g/mol. The number of alkyl halides is 2. The van der Waals surface area contributed by atoms with Crippen molar-refractivity contribution in [2.45, 2.75) is 32.4 Å². The van der Waals surface area contributed by atoms with Crippen LogP contribution in [0.4, 0.5) is 14.5 Å². The molecule has 2 amide bonds. The minimum absolute atomic E-state index is 0.0109. The first-order chi connectivity index (χ1) is 18.9. The minimum atomic E-state index is -2.91. The van der Waals surface area contributed by atoms with E-state index >= 15 is 0 Å². The third-order valence-electron chi connectivity index (χ3n) is 6.69. The van der Waals surface area contributed by atoms with E-state index in [2.05, 4.69) is 20.1 Å². The van der Waals surface area contributed by atoms with E-state index in [4.69, 9.17) is 0 Å². The number of anilines is 1. The Bertz CT molecular complexity index is 1450. The molecule has 39 heavy (non-hydrogen) atoms. The summed E-state index contributed by atoms with van der Waals surface area (Å²) in [5, 5.41) is 7.37. The Morgan fingerprint density at radius 3 is 2.44 bits per heavy atom. The largest absolute Gasteiger partial charge is 0.435 e. The Balaban J connectivity index is 1.19. The molecule has 3 heterocycles. The number of carbonyl (C=O) groups excluding carboxylic acids is 2. The number of rotatable bonds is 7. The normalized spacial score (nSPS) is 13.9. The average molecular weight is 532 g/mol. The predicted molar refractivity (Wildman–Crippen MR) is 142 cm³/mol. The van der Waals surface area contributed by atoms with Gasteiger partial charge in [0.1, 0.15) is 5.75 Å². The number of carbonyl (C=O) groups is 2. The number of hydrogen-bond acceptors (Lipinski definition) is 5. The van der Waals surface area contributed by atoms with Gasteiger partial charge in [-0.25, -0.2) is 0 Å². The highest BCUT2D eigenvalue weighted by molar-refractivity contribution is 6.08. The Hall–Kier alpha value is -4.60. The van der Waals surface area contributed by atoms with Crippen molar-refractivity contribution in [1.82, 2.24) is 19.7 Å². The Morgan fingerprint density at radius 2 is 1.74 bits per heavy atom. The highest BCUT2D eigenvalue weighted by atomic mass is 19.3. The molecule has 1 aliphatic rings. The molecule has 8 nitrogen and oxygen atoms in total. The summed E-state index contributed by atoms with van der Waals surface area (Å²) in [6, 6.07) is 17.1. The van der Waals surface area contributed by atoms with Gasteiger partial charge in [0.05, 0.1) is 29.2 Å². The molecule has 0 bridgehead atoms. The maximum atomic E-state index is 13.1. The quantitative estimate of drug-likeness (QED) is 0.336. The minimum Gasteiger partial charge on any atom is -0.435 e. The van der Waals surface area contributed by atoms with E-state index < -0.39 is 6.61 Å². The summed E-state index contributed by atoms with van der Waals surface area (Å²) in [4.78, 5) is 32.1. The van der Waals surface area contributed by atoms with E-state index in [0.29, 0.717) is 48.4 Å². The number of ether oxygens (including phenoxy) is 1. The van der Waals surface area contributed by atoms with Crippen LogP contribution in [0.5, 0.6) is 5.75 Å². The van der Waals surface area contributed by atoms with Crippen molar-refractivity contribution in [2.75, 3.05) is 18.4 Å². The van der Waals surface area contributed by atoms with Gasteiger partial charge >= 0.3 is 6.61 Å². The number of halogens is 2. The fraction of sp³-hybridized carbons (Fsp3) is 0.241. The van der Waals surface area contributed by atoms with Crippen LogP contribution in [-0.2, 0) is 0 Å². The highest BCUT2D eigenvalue weighted by Gasteiger charge is 2.25. The van der Waals surface area contributed by atoms with E-state index in [0.717, 1.165) is 11.1 Å². The number of benzene rings is 2. The van der Waals surface area contributed by atoms with Crippen LogP contribution in [0.25, 0.3) is 11.3 Å². The lowest BCUT2D eigenvalue weighted by atomic mass is 10.0.